The SMILES string of the molecule is CCC(C)[C@@H]1NC(=O)[C@@H]2CCCN2C(=O)[C@H](Cc2cccc(-c3ccc(Cl)nc3)c2)N(C)C(=O)[C@H](Cc2ccccc2)NC(=O)[C@H](C(C)C)N(C)C(=O)[C@@H](C(C)CC)OC(=O)[C@H](C(C)(C)O)N(C)C(=O)[C@H](CC(C)C)NC(=O)[C@H](C(C)C)N(C)C1=O. The van der Waals surface area contributed by atoms with Crippen LogP contribution in [0.5, 0.6) is 0 Å². The van der Waals surface area contributed by atoms with E-state index in [1.807, 2.05) is 57.2 Å². The van der Waals surface area contributed by atoms with Gasteiger partial charge in [0.1, 0.15) is 47.4 Å². The number of aromatic nitrogens is 1. The van der Waals surface area contributed by atoms with Gasteiger partial charge in [0.2, 0.25) is 41.4 Å². The maximum Gasteiger partial charge on any atom is 0.332 e. The number of ether oxygens (including phenoxy) is 1. The Labute approximate surface area is 513 Å². The van der Waals surface area contributed by atoms with Gasteiger partial charge in [0.15, 0.2) is 12.1 Å². The fourth-order valence-electron chi connectivity index (χ4n) is 11.8. The molecule has 2 aliphatic heterocycles. The number of halogens is 1. The van der Waals surface area contributed by atoms with E-state index < -0.39 is 137 Å². The van der Waals surface area contributed by atoms with Crippen molar-refractivity contribution in [2.24, 2.45) is 29.6 Å². The fourth-order valence-corrected chi connectivity index (χ4v) is 11.9. The Balaban J connectivity index is 1.73. The fraction of sp³-hybridized carbons (Fsp3) is 0.600. The molecule has 11 atom stereocenters. The first kappa shape index (κ1) is 69.8. The number of nitrogens with one attached hydrogen (secondary N) is 3. The van der Waals surface area contributed by atoms with Gasteiger partial charge in [-0.25, -0.2) is 9.78 Å². The molecule has 0 spiro atoms. The van der Waals surface area contributed by atoms with Gasteiger partial charge >= 0.3 is 5.97 Å². The molecule has 86 heavy (non-hydrogen) atoms. The van der Waals surface area contributed by atoms with Gasteiger partial charge in [-0.3, -0.25) is 38.4 Å². The molecule has 2 fully saturated rings. The first-order chi connectivity index (χ1) is 40.3. The summed E-state index contributed by atoms with van der Waals surface area (Å²) in [4.78, 5) is 146. The number of pyridine rings is 1. The number of likely N-dealkylation sites (N-methyl/N-ethyl adjacent to an activating group) is 4. The standard InChI is InChI=1S/C65H94ClN9O11/c1-17-40(9)51-62(82)72(14)52(38(5)6)57(77)68-46(32-37(3)4)60(80)74(16)55(65(11,12)85)64(84)86-54(41(10)18-2)63(83)73(15)53(39(7)8)58(78)69-47(34-42-24-20-19-21-25-42)59(79)71(13)49(61(81)75-31-23-28-48(75)56(76)70-51)35-43-26-22-27-44(33-43)45-29-30-50(66)67-36-45/h19-22,24-27,29-30,33,36-41,46-49,51-55,85H,17-18,23,28,31-32,34-35H2,1-16H3,(H,68,77)(H,69,78)(H,70,76)/t40?,41?,46-,47-,48-,49-,51-,52-,53-,54+,55+/m0/s1. The van der Waals surface area contributed by atoms with E-state index in [4.69, 9.17) is 16.3 Å². The van der Waals surface area contributed by atoms with Crippen molar-refractivity contribution in [1.82, 2.24) is 45.4 Å². The van der Waals surface area contributed by atoms with Gasteiger partial charge < -0.3 is 50.3 Å². The topological polar surface area (TPSA) is 248 Å². The van der Waals surface area contributed by atoms with Crippen LogP contribution in [0.3, 0.4) is 0 Å². The minimum absolute atomic E-state index is 0.0408. The summed E-state index contributed by atoms with van der Waals surface area (Å²) in [6, 6.07) is 9.51. The number of amides is 8. The number of benzene rings is 2. The largest absolute Gasteiger partial charge is 0.450 e. The Hall–Kier alpha value is -6.93. The molecule has 2 unspecified atom stereocenters. The number of hydrogen-bond donors (Lipinski definition) is 4. The maximum absolute atomic E-state index is 15.6. The van der Waals surface area contributed by atoms with Gasteiger partial charge in [-0.1, -0.05) is 142 Å². The Morgan fingerprint density at radius 3 is 1.74 bits per heavy atom. The molecule has 4 N–H and O–H groups in total. The number of hydrogen-bond acceptors (Lipinski definition) is 12. The number of carbonyl (C=O) groups is 9. The molecule has 2 saturated heterocycles. The first-order valence-electron chi connectivity index (χ1n) is 30.3. The third kappa shape index (κ3) is 17.2. The van der Waals surface area contributed by atoms with Crippen molar-refractivity contribution in [3.8, 4) is 11.1 Å². The van der Waals surface area contributed by atoms with Gasteiger partial charge in [0, 0.05) is 65.3 Å². The smallest absolute Gasteiger partial charge is 0.332 e. The summed E-state index contributed by atoms with van der Waals surface area (Å²) in [5, 5.41) is 20.9. The van der Waals surface area contributed by atoms with Crippen LogP contribution >= 0.6 is 11.6 Å². The molecule has 0 aliphatic carbocycles. The molecule has 0 bridgehead atoms. The molecule has 0 radical (unpaired) electrons. The third-order valence-electron chi connectivity index (χ3n) is 17.0. The zero-order valence-corrected chi connectivity index (χ0v) is 54.0. The molecule has 21 heteroatoms. The summed E-state index contributed by atoms with van der Waals surface area (Å²) >= 11 is 6.15. The molecule has 3 aromatic rings. The molecule has 0 saturated carbocycles. The van der Waals surface area contributed by atoms with Crippen LogP contribution in [0, 0.1) is 29.6 Å². The average molecular weight is 1210 g/mol. The van der Waals surface area contributed by atoms with Crippen LogP contribution in [-0.2, 0) is 60.7 Å². The summed E-state index contributed by atoms with van der Waals surface area (Å²) in [5.41, 5.74) is 0.837. The van der Waals surface area contributed by atoms with Crippen LogP contribution in [0.15, 0.2) is 72.9 Å². The van der Waals surface area contributed by atoms with E-state index in [1.54, 1.807) is 85.0 Å². The van der Waals surface area contributed by atoms with Crippen LogP contribution in [0.4, 0.5) is 0 Å². The van der Waals surface area contributed by atoms with Crippen LogP contribution < -0.4 is 16.0 Å². The highest BCUT2D eigenvalue weighted by atomic mass is 35.5. The van der Waals surface area contributed by atoms with Crippen molar-refractivity contribution in [2.45, 2.75) is 188 Å². The monoisotopic (exact) mass is 1210 g/mol. The molecule has 8 amide bonds. The molecule has 2 aliphatic rings. The van der Waals surface area contributed by atoms with Crippen LogP contribution in [0.2, 0.25) is 5.15 Å². The van der Waals surface area contributed by atoms with Gasteiger partial charge in [-0.2, -0.15) is 0 Å². The van der Waals surface area contributed by atoms with E-state index in [2.05, 4.69) is 20.9 Å². The van der Waals surface area contributed by atoms with Crippen LogP contribution in [0.1, 0.15) is 126 Å². The van der Waals surface area contributed by atoms with E-state index in [0.29, 0.717) is 35.5 Å². The molecule has 472 valence electrons. The Bertz CT molecular complexity index is 2860. The number of fused-ring (bicyclic) bond motifs is 1. The highest BCUT2D eigenvalue weighted by Gasteiger charge is 2.48. The van der Waals surface area contributed by atoms with Gasteiger partial charge in [0.25, 0.3) is 5.91 Å². The van der Waals surface area contributed by atoms with Crippen LogP contribution in [-0.4, -0.2) is 183 Å². The molecular formula is C65H94ClN9O11. The van der Waals surface area contributed by atoms with Gasteiger partial charge in [-0.15, -0.1) is 0 Å². The Morgan fingerprint density at radius 2 is 1.20 bits per heavy atom. The number of cyclic esters (lactones) is 1. The maximum atomic E-state index is 15.6. The number of aliphatic hydroxyl groups is 1. The van der Waals surface area contributed by atoms with Crippen molar-refractivity contribution >= 4 is 64.8 Å². The van der Waals surface area contributed by atoms with Crippen molar-refractivity contribution in [3.05, 3.63) is 89.2 Å². The predicted molar refractivity (Wildman–Crippen MR) is 330 cm³/mol. The summed E-state index contributed by atoms with van der Waals surface area (Å²) < 4.78 is 6.12. The normalized spacial score (nSPS) is 25.3. The highest BCUT2D eigenvalue weighted by Crippen LogP contribution is 2.29. The number of nitrogens with zero attached hydrogens (tertiary/aromatic N) is 6. The zero-order valence-electron chi connectivity index (χ0n) is 53.3. The van der Waals surface area contributed by atoms with E-state index in [-0.39, 0.29) is 38.1 Å². The zero-order chi connectivity index (χ0) is 64.2. The summed E-state index contributed by atoms with van der Waals surface area (Å²) in [6.07, 6.45) is 1.47. The first-order valence-corrected chi connectivity index (χ1v) is 30.7. The average Bonchev–Trinajstić information content (AvgIpc) is 2.56. The van der Waals surface area contributed by atoms with Gasteiger partial charge in [0.05, 0.1) is 5.60 Å². The molecule has 1 aromatic heterocycles. The van der Waals surface area contributed by atoms with Crippen molar-refractivity contribution in [3.63, 3.8) is 0 Å². The molecule has 3 heterocycles. The van der Waals surface area contributed by atoms with Crippen LogP contribution in [0.25, 0.3) is 11.1 Å². The Morgan fingerprint density at radius 1 is 0.628 bits per heavy atom. The molecule has 2 aromatic carbocycles. The van der Waals surface area contributed by atoms with E-state index in [9.17, 15) is 24.3 Å². The van der Waals surface area contributed by atoms with Gasteiger partial charge in [-0.05, 0) is 92.0 Å². The second kappa shape index (κ2) is 30.6. The van der Waals surface area contributed by atoms with Crippen molar-refractivity contribution in [2.75, 3.05) is 34.7 Å². The lowest BCUT2D eigenvalue weighted by Gasteiger charge is -2.39. The quantitative estimate of drug-likeness (QED) is 0.106. The van der Waals surface area contributed by atoms with E-state index in [0.717, 1.165) is 16.0 Å². The molecular weight excluding hydrogens is 1120 g/mol. The van der Waals surface area contributed by atoms with Crippen molar-refractivity contribution < 1.29 is 53.0 Å². The minimum atomic E-state index is -1.99. The second-order valence-corrected chi connectivity index (χ2v) is 25.7. The third-order valence-corrected chi connectivity index (χ3v) is 17.2. The predicted octanol–water partition coefficient (Wildman–Crippen LogP) is 6.09. The molecule has 5 rings (SSSR count). The number of esters is 1. The summed E-state index contributed by atoms with van der Waals surface area (Å²) in [6.45, 7) is 20.5. The lowest BCUT2D eigenvalue weighted by atomic mass is 9.93. The number of rotatable bonds is 14. The minimum Gasteiger partial charge on any atom is -0.450 e. The lowest BCUT2D eigenvalue weighted by molar-refractivity contribution is -0.177. The van der Waals surface area contributed by atoms with Crippen molar-refractivity contribution in [1.29, 1.82) is 0 Å². The second-order valence-electron chi connectivity index (χ2n) is 25.3. The van der Waals surface area contributed by atoms with E-state index >= 15 is 24.0 Å². The lowest BCUT2D eigenvalue weighted by Crippen LogP contribution is -2.63. The summed E-state index contributed by atoms with van der Waals surface area (Å²) in [5.74, 6) is -8.95. The molecule has 20 nitrogen and oxygen atoms in total. The summed E-state index contributed by atoms with van der Waals surface area (Å²) in [7, 11) is 5.65. The Kier molecular flexibility index (Phi) is 24.9. The number of carbonyl (C=O) groups excluding carboxylic acids is 9. The highest BCUT2D eigenvalue weighted by molar-refractivity contribution is 6.29. The van der Waals surface area contributed by atoms with E-state index in [1.165, 1.54) is 61.6 Å².